The van der Waals surface area contributed by atoms with E-state index in [-0.39, 0.29) is 25.3 Å². The summed E-state index contributed by atoms with van der Waals surface area (Å²) in [7, 11) is 0. The normalized spacial score (nSPS) is 18.4. The number of rotatable bonds is 2. The van der Waals surface area contributed by atoms with E-state index in [0.717, 1.165) is 5.56 Å². The number of nitrogens with zero attached hydrogens (tertiary/aromatic N) is 1. The van der Waals surface area contributed by atoms with E-state index in [1.807, 2.05) is 0 Å². The van der Waals surface area contributed by atoms with Crippen LogP contribution in [0.1, 0.15) is 12.0 Å². The molecule has 1 aliphatic rings. The van der Waals surface area contributed by atoms with E-state index in [0.29, 0.717) is 5.69 Å². The number of hydrogen-bond acceptors (Lipinski definition) is 2. The fourth-order valence-electron chi connectivity index (χ4n) is 1.94. The van der Waals surface area contributed by atoms with Crippen LogP contribution < -0.4 is 5.73 Å². The van der Waals surface area contributed by atoms with Crippen molar-refractivity contribution in [3.8, 4) is 0 Å². The van der Waals surface area contributed by atoms with E-state index in [4.69, 9.17) is 5.73 Å². The monoisotopic (exact) mass is 240 g/mol. The Morgan fingerprint density at radius 3 is 2.82 bits per heavy atom. The molecule has 1 fully saturated rings. The summed E-state index contributed by atoms with van der Waals surface area (Å²) in [5, 5.41) is 0. The Kier molecular flexibility index (Phi) is 3.00. The summed E-state index contributed by atoms with van der Waals surface area (Å²) < 4.78 is 25.9. The van der Waals surface area contributed by atoms with E-state index in [2.05, 4.69) is 0 Å². The second-order valence-corrected chi connectivity index (χ2v) is 4.34. The van der Waals surface area contributed by atoms with Crippen LogP contribution in [0.2, 0.25) is 0 Å². The van der Waals surface area contributed by atoms with E-state index >= 15 is 0 Å². The number of nitrogens with two attached hydrogens (primary N) is 1. The largest absolute Gasteiger partial charge is 0.399 e. The molecule has 0 bridgehead atoms. The highest BCUT2D eigenvalue weighted by Gasteiger charge is 2.39. The maximum Gasteiger partial charge on any atom is 0.267 e. The van der Waals surface area contributed by atoms with Crippen molar-refractivity contribution in [1.82, 2.24) is 4.90 Å². The predicted molar refractivity (Wildman–Crippen MR) is 60.7 cm³/mol. The van der Waals surface area contributed by atoms with Crippen LogP contribution in [0.5, 0.6) is 0 Å². The number of benzene rings is 1. The lowest BCUT2D eigenvalue weighted by Gasteiger charge is -2.16. The van der Waals surface area contributed by atoms with Crippen LogP contribution in [-0.2, 0) is 11.2 Å². The summed E-state index contributed by atoms with van der Waals surface area (Å²) in [4.78, 5) is 13.0. The van der Waals surface area contributed by atoms with Gasteiger partial charge in [0.05, 0.1) is 13.0 Å². The van der Waals surface area contributed by atoms with Crippen molar-refractivity contribution >= 4 is 11.6 Å². The molecule has 1 heterocycles. The van der Waals surface area contributed by atoms with Gasteiger partial charge in [-0.05, 0) is 17.7 Å². The number of likely N-dealkylation sites (tertiary alicyclic amines) is 1. The third kappa shape index (κ3) is 2.93. The molecule has 5 heteroatoms. The van der Waals surface area contributed by atoms with Gasteiger partial charge in [0.25, 0.3) is 5.92 Å². The number of carbonyl (C=O) groups is 1. The first-order valence-electron chi connectivity index (χ1n) is 5.46. The highest BCUT2D eigenvalue weighted by Crippen LogP contribution is 2.27. The van der Waals surface area contributed by atoms with Gasteiger partial charge < -0.3 is 10.6 Å². The third-order valence-corrected chi connectivity index (χ3v) is 2.83. The SMILES string of the molecule is Nc1cccc(CC(=O)N2CCC(F)(F)C2)c1. The van der Waals surface area contributed by atoms with Gasteiger partial charge in [0.15, 0.2) is 0 Å². The van der Waals surface area contributed by atoms with Gasteiger partial charge in [-0.25, -0.2) is 8.78 Å². The van der Waals surface area contributed by atoms with E-state index in [9.17, 15) is 13.6 Å². The molecule has 1 aliphatic heterocycles. The molecule has 1 amide bonds. The van der Waals surface area contributed by atoms with Crippen LogP contribution >= 0.6 is 0 Å². The lowest BCUT2D eigenvalue weighted by molar-refractivity contribution is -0.130. The van der Waals surface area contributed by atoms with Crippen molar-refractivity contribution in [3.05, 3.63) is 29.8 Å². The summed E-state index contributed by atoms with van der Waals surface area (Å²) >= 11 is 0. The van der Waals surface area contributed by atoms with Crippen LogP contribution in [0.15, 0.2) is 24.3 Å². The predicted octanol–water partition coefficient (Wildman–Crippen LogP) is 1.68. The van der Waals surface area contributed by atoms with Crippen molar-refractivity contribution in [2.45, 2.75) is 18.8 Å². The van der Waals surface area contributed by atoms with E-state index < -0.39 is 12.5 Å². The first-order chi connectivity index (χ1) is 7.96. The van der Waals surface area contributed by atoms with Gasteiger partial charge in [-0.3, -0.25) is 4.79 Å². The molecular weight excluding hydrogens is 226 g/mol. The van der Waals surface area contributed by atoms with Gasteiger partial charge >= 0.3 is 0 Å². The van der Waals surface area contributed by atoms with Crippen LogP contribution in [0.25, 0.3) is 0 Å². The number of alkyl halides is 2. The summed E-state index contributed by atoms with van der Waals surface area (Å²) in [6.07, 6.45) is -0.114. The Morgan fingerprint density at radius 1 is 1.47 bits per heavy atom. The van der Waals surface area contributed by atoms with E-state index in [1.54, 1.807) is 24.3 Å². The van der Waals surface area contributed by atoms with Crippen molar-refractivity contribution in [3.63, 3.8) is 0 Å². The minimum atomic E-state index is -2.73. The summed E-state index contributed by atoms with van der Waals surface area (Å²) in [5.41, 5.74) is 6.91. The van der Waals surface area contributed by atoms with Gasteiger partial charge in [-0.15, -0.1) is 0 Å². The molecule has 0 atom stereocenters. The summed E-state index contributed by atoms with van der Waals surface area (Å²) in [6.45, 7) is -0.331. The van der Waals surface area contributed by atoms with Crippen molar-refractivity contribution < 1.29 is 13.6 Å². The van der Waals surface area contributed by atoms with Crippen LogP contribution in [0.3, 0.4) is 0 Å². The molecule has 0 radical (unpaired) electrons. The Bertz CT molecular complexity index is 434. The van der Waals surface area contributed by atoms with Crippen LogP contribution in [0, 0.1) is 0 Å². The zero-order valence-corrected chi connectivity index (χ0v) is 9.33. The van der Waals surface area contributed by atoms with Gasteiger partial charge in [-0.1, -0.05) is 12.1 Å². The van der Waals surface area contributed by atoms with Crippen molar-refractivity contribution in [2.24, 2.45) is 0 Å². The Morgan fingerprint density at radius 2 is 2.24 bits per heavy atom. The highest BCUT2D eigenvalue weighted by atomic mass is 19.3. The molecule has 92 valence electrons. The average molecular weight is 240 g/mol. The molecule has 17 heavy (non-hydrogen) atoms. The molecule has 0 saturated carbocycles. The Balaban J connectivity index is 1.98. The summed E-state index contributed by atoms with van der Waals surface area (Å²) in [5.74, 6) is -3.00. The molecule has 0 spiro atoms. The molecule has 0 unspecified atom stereocenters. The molecule has 1 saturated heterocycles. The van der Waals surface area contributed by atoms with Crippen molar-refractivity contribution in [1.29, 1.82) is 0 Å². The number of anilines is 1. The Hall–Kier alpha value is -1.65. The standard InChI is InChI=1S/C12H14F2N2O/c13-12(14)4-5-16(8-12)11(17)7-9-2-1-3-10(15)6-9/h1-3,6H,4-5,7-8,15H2. The molecule has 1 aromatic carbocycles. The summed E-state index contributed by atoms with van der Waals surface area (Å²) in [6, 6.07) is 6.92. The first kappa shape index (κ1) is 11.8. The zero-order valence-electron chi connectivity index (χ0n) is 9.33. The molecule has 2 rings (SSSR count). The molecule has 2 N–H and O–H groups in total. The highest BCUT2D eigenvalue weighted by molar-refractivity contribution is 5.79. The quantitative estimate of drug-likeness (QED) is 0.799. The number of carbonyl (C=O) groups excluding carboxylic acids is 1. The zero-order chi connectivity index (χ0) is 12.5. The number of halogens is 2. The fourth-order valence-corrected chi connectivity index (χ4v) is 1.94. The molecular formula is C12H14F2N2O. The lowest BCUT2D eigenvalue weighted by Crippen LogP contribution is -2.32. The second kappa shape index (κ2) is 4.31. The maximum absolute atomic E-state index is 12.9. The molecule has 0 aromatic heterocycles. The van der Waals surface area contributed by atoms with Gasteiger partial charge in [0.1, 0.15) is 0 Å². The molecule has 1 aromatic rings. The van der Waals surface area contributed by atoms with Gasteiger partial charge in [-0.2, -0.15) is 0 Å². The maximum atomic E-state index is 12.9. The van der Waals surface area contributed by atoms with Gasteiger partial charge in [0, 0.05) is 18.7 Å². The molecule has 0 aliphatic carbocycles. The smallest absolute Gasteiger partial charge is 0.267 e. The number of amides is 1. The topological polar surface area (TPSA) is 46.3 Å². The fraction of sp³-hybridized carbons (Fsp3) is 0.417. The van der Waals surface area contributed by atoms with Gasteiger partial charge in [0.2, 0.25) is 5.91 Å². The minimum Gasteiger partial charge on any atom is -0.399 e. The van der Waals surface area contributed by atoms with Crippen LogP contribution in [0.4, 0.5) is 14.5 Å². The molecule has 3 nitrogen and oxygen atoms in total. The van der Waals surface area contributed by atoms with Crippen molar-refractivity contribution in [2.75, 3.05) is 18.8 Å². The third-order valence-electron chi connectivity index (χ3n) is 2.83. The number of hydrogen-bond donors (Lipinski definition) is 1. The van der Waals surface area contributed by atoms with Crippen LogP contribution in [-0.4, -0.2) is 29.8 Å². The number of nitrogen functional groups attached to an aromatic ring is 1. The Labute approximate surface area is 98.2 Å². The first-order valence-corrected chi connectivity index (χ1v) is 5.46. The lowest BCUT2D eigenvalue weighted by atomic mass is 10.1. The average Bonchev–Trinajstić information content (AvgIpc) is 2.59. The second-order valence-electron chi connectivity index (χ2n) is 4.34. The van der Waals surface area contributed by atoms with E-state index in [1.165, 1.54) is 4.90 Å². The minimum absolute atomic E-state index is 0.126.